The molecule has 3 unspecified atom stereocenters. The predicted molar refractivity (Wildman–Crippen MR) is 67.2 cm³/mol. The SMILES string of the molecule is CC1CCC2CCC1N2Cc1ccccc1. The van der Waals surface area contributed by atoms with Gasteiger partial charge in [0.15, 0.2) is 0 Å². The molecule has 16 heavy (non-hydrogen) atoms. The molecule has 0 amide bonds. The summed E-state index contributed by atoms with van der Waals surface area (Å²) >= 11 is 0. The van der Waals surface area contributed by atoms with Crippen LogP contribution in [0.25, 0.3) is 0 Å². The Morgan fingerprint density at radius 2 is 1.81 bits per heavy atom. The van der Waals surface area contributed by atoms with Crippen molar-refractivity contribution in [3.05, 3.63) is 35.9 Å². The number of fused-ring (bicyclic) bond motifs is 2. The molecule has 1 aromatic carbocycles. The average molecular weight is 215 g/mol. The Morgan fingerprint density at radius 3 is 2.62 bits per heavy atom. The van der Waals surface area contributed by atoms with Crippen LogP contribution in [-0.2, 0) is 6.54 Å². The molecule has 1 aromatic rings. The van der Waals surface area contributed by atoms with Crippen molar-refractivity contribution >= 4 is 0 Å². The van der Waals surface area contributed by atoms with Gasteiger partial charge in [-0.2, -0.15) is 0 Å². The Kier molecular flexibility index (Phi) is 2.72. The summed E-state index contributed by atoms with van der Waals surface area (Å²) in [6.45, 7) is 3.60. The van der Waals surface area contributed by atoms with Gasteiger partial charge in [-0.25, -0.2) is 0 Å². The number of nitrogens with zero attached hydrogens (tertiary/aromatic N) is 1. The van der Waals surface area contributed by atoms with Crippen LogP contribution in [0.2, 0.25) is 0 Å². The highest BCUT2D eigenvalue weighted by Crippen LogP contribution is 2.39. The minimum absolute atomic E-state index is 0.860. The Hall–Kier alpha value is -0.820. The third kappa shape index (κ3) is 1.78. The van der Waals surface area contributed by atoms with Gasteiger partial charge in [0.05, 0.1) is 0 Å². The summed E-state index contributed by atoms with van der Waals surface area (Å²) in [5, 5.41) is 0. The van der Waals surface area contributed by atoms with Gasteiger partial charge >= 0.3 is 0 Å². The molecule has 3 atom stereocenters. The molecule has 0 spiro atoms. The van der Waals surface area contributed by atoms with E-state index in [2.05, 4.69) is 42.2 Å². The summed E-state index contributed by atoms with van der Waals surface area (Å²) in [7, 11) is 0. The van der Waals surface area contributed by atoms with Crippen molar-refractivity contribution < 1.29 is 0 Å². The Morgan fingerprint density at radius 1 is 1.06 bits per heavy atom. The Labute approximate surface area is 98.5 Å². The maximum absolute atomic E-state index is 2.77. The van der Waals surface area contributed by atoms with E-state index in [0.717, 1.165) is 18.0 Å². The van der Waals surface area contributed by atoms with Gasteiger partial charge in [0, 0.05) is 18.6 Å². The highest BCUT2D eigenvalue weighted by Gasteiger charge is 2.39. The minimum atomic E-state index is 0.860. The number of piperidine rings is 1. The molecule has 0 radical (unpaired) electrons. The first-order valence-corrected chi connectivity index (χ1v) is 6.64. The minimum Gasteiger partial charge on any atom is -0.293 e. The first-order valence-electron chi connectivity index (χ1n) is 6.64. The molecule has 86 valence electrons. The molecule has 2 heterocycles. The maximum atomic E-state index is 2.77. The monoisotopic (exact) mass is 215 g/mol. The smallest absolute Gasteiger partial charge is 0.0239 e. The molecule has 2 bridgehead atoms. The van der Waals surface area contributed by atoms with Gasteiger partial charge in [0.2, 0.25) is 0 Å². The molecule has 0 saturated carbocycles. The molecule has 3 rings (SSSR count). The zero-order valence-corrected chi connectivity index (χ0v) is 10.1. The molecule has 2 fully saturated rings. The summed E-state index contributed by atoms with van der Waals surface area (Å²) in [5.74, 6) is 0.905. The Bertz CT molecular complexity index is 346. The number of rotatable bonds is 2. The van der Waals surface area contributed by atoms with Crippen LogP contribution in [0.15, 0.2) is 30.3 Å². The second kappa shape index (κ2) is 4.21. The average Bonchev–Trinajstić information content (AvgIpc) is 2.60. The van der Waals surface area contributed by atoms with E-state index in [4.69, 9.17) is 0 Å². The van der Waals surface area contributed by atoms with Gasteiger partial charge < -0.3 is 0 Å². The van der Waals surface area contributed by atoms with Crippen LogP contribution in [-0.4, -0.2) is 17.0 Å². The van der Waals surface area contributed by atoms with Gasteiger partial charge in [0.25, 0.3) is 0 Å². The van der Waals surface area contributed by atoms with Crippen LogP contribution in [0.5, 0.6) is 0 Å². The highest BCUT2D eigenvalue weighted by atomic mass is 15.2. The largest absolute Gasteiger partial charge is 0.293 e. The molecule has 2 saturated heterocycles. The van der Waals surface area contributed by atoms with E-state index >= 15 is 0 Å². The quantitative estimate of drug-likeness (QED) is 0.730. The van der Waals surface area contributed by atoms with E-state index in [9.17, 15) is 0 Å². The molecule has 1 heteroatoms. The number of hydrogen-bond donors (Lipinski definition) is 0. The second-order valence-corrected chi connectivity index (χ2v) is 5.51. The maximum Gasteiger partial charge on any atom is 0.0239 e. The van der Waals surface area contributed by atoms with E-state index in [1.807, 2.05) is 0 Å². The summed E-state index contributed by atoms with van der Waals surface area (Å²) in [4.78, 5) is 2.77. The molecule has 2 aliphatic heterocycles. The highest BCUT2D eigenvalue weighted by molar-refractivity contribution is 5.15. The fraction of sp³-hybridized carbons (Fsp3) is 0.600. The molecule has 2 aliphatic rings. The van der Waals surface area contributed by atoms with Crippen molar-refractivity contribution in [2.24, 2.45) is 5.92 Å². The van der Waals surface area contributed by atoms with E-state index < -0.39 is 0 Å². The molecule has 0 N–H and O–H groups in total. The molecular weight excluding hydrogens is 194 g/mol. The third-order valence-electron chi connectivity index (χ3n) is 4.51. The van der Waals surface area contributed by atoms with E-state index in [0.29, 0.717) is 0 Å². The second-order valence-electron chi connectivity index (χ2n) is 5.51. The van der Waals surface area contributed by atoms with Crippen molar-refractivity contribution in [2.45, 2.75) is 51.2 Å². The molecular formula is C15H21N. The molecule has 1 nitrogen and oxygen atoms in total. The lowest BCUT2D eigenvalue weighted by Gasteiger charge is -2.38. The molecule has 0 aromatic heterocycles. The lowest BCUT2D eigenvalue weighted by Crippen LogP contribution is -2.43. The topological polar surface area (TPSA) is 3.24 Å². The van der Waals surface area contributed by atoms with Gasteiger partial charge in [-0.3, -0.25) is 4.90 Å². The van der Waals surface area contributed by atoms with Crippen molar-refractivity contribution in [3.63, 3.8) is 0 Å². The summed E-state index contributed by atoms with van der Waals surface area (Å²) < 4.78 is 0. The zero-order chi connectivity index (χ0) is 11.0. The van der Waals surface area contributed by atoms with Crippen LogP contribution in [0.4, 0.5) is 0 Å². The van der Waals surface area contributed by atoms with Crippen LogP contribution in [0, 0.1) is 5.92 Å². The van der Waals surface area contributed by atoms with Crippen molar-refractivity contribution in [3.8, 4) is 0 Å². The van der Waals surface area contributed by atoms with Crippen LogP contribution in [0.1, 0.15) is 38.2 Å². The van der Waals surface area contributed by atoms with Gasteiger partial charge in [0.1, 0.15) is 0 Å². The Balaban J connectivity index is 1.76. The van der Waals surface area contributed by atoms with E-state index in [1.165, 1.54) is 37.8 Å². The number of hydrogen-bond acceptors (Lipinski definition) is 1. The fourth-order valence-corrected chi connectivity index (χ4v) is 3.58. The van der Waals surface area contributed by atoms with Crippen molar-refractivity contribution in [1.29, 1.82) is 0 Å². The van der Waals surface area contributed by atoms with E-state index in [-0.39, 0.29) is 0 Å². The standard InChI is InChI=1S/C15H21N/c1-12-7-8-14-9-10-15(12)16(14)11-13-5-3-2-4-6-13/h2-6,12,14-15H,7-11H2,1H3. The van der Waals surface area contributed by atoms with E-state index in [1.54, 1.807) is 0 Å². The summed E-state index contributed by atoms with van der Waals surface area (Å²) in [5.41, 5.74) is 1.48. The van der Waals surface area contributed by atoms with Crippen molar-refractivity contribution in [1.82, 2.24) is 4.90 Å². The molecule has 0 aliphatic carbocycles. The van der Waals surface area contributed by atoms with Gasteiger partial charge in [-0.15, -0.1) is 0 Å². The zero-order valence-electron chi connectivity index (χ0n) is 10.1. The first kappa shape index (κ1) is 10.3. The van der Waals surface area contributed by atoms with Crippen LogP contribution < -0.4 is 0 Å². The lowest BCUT2D eigenvalue weighted by molar-refractivity contribution is 0.0914. The number of benzene rings is 1. The predicted octanol–water partition coefficient (Wildman–Crippen LogP) is 3.45. The van der Waals surface area contributed by atoms with Crippen molar-refractivity contribution in [2.75, 3.05) is 0 Å². The summed E-state index contributed by atoms with van der Waals surface area (Å²) in [6, 6.07) is 12.7. The first-order chi connectivity index (χ1) is 7.84. The van der Waals surface area contributed by atoms with Gasteiger partial charge in [-0.05, 0) is 37.2 Å². The van der Waals surface area contributed by atoms with Crippen LogP contribution >= 0.6 is 0 Å². The summed E-state index contributed by atoms with van der Waals surface area (Å²) in [6.07, 6.45) is 5.73. The van der Waals surface area contributed by atoms with Gasteiger partial charge in [-0.1, -0.05) is 37.3 Å². The normalized spacial score (nSPS) is 34.2. The van der Waals surface area contributed by atoms with Crippen LogP contribution in [0.3, 0.4) is 0 Å². The lowest BCUT2D eigenvalue weighted by atomic mass is 9.91. The third-order valence-corrected chi connectivity index (χ3v) is 4.51. The fourth-order valence-electron chi connectivity index (χ4n) is 3.58.